The van der Waals surface area contributed by atoms with E-state index in [4.69, 9.17) is 0 Å². The van der Waals surface area contributed by atoms with E-state index in [2.05, 4.69) is 53.8 Å². The minimum absolute atomic E-state index is 0.604. The summed E-state index contributed by atoms with van der Waals surface area (Å²) in [6.45, 7) is 5.30. The Hall–Kier alpha value is -1.19. The Bertz CT molecular complexity index is 519. The van der Waals surface area contributed by atoms with E-state index in [0.29, 0.717) is 5.92 Å². The predicted molar refractivity (Wildman–Crippen MR) is 82.9 cm³/mol. The molecule has 102 valence electrons. The number of benzene rings is 1. The maximum Gasteiger partial charge on any atom is 0.0897 e. The van der Waals surface area contributed by atoms with E-state index in [1.54, 1.807) is 11.3 Å². The number of hydrogen-bond donors (Lipinski definition) is 1. The number of nitrogens with zero attached hydrogens (tertiary/aromatic N) is 1. The second kappa shape index (κ2) is 6.83. The van der Waals surface area contributed by atoms with Crippen LogP contribution in [0.25, 0.3) is 0 Å². The van der Waals surface area contributed by atoms with Crippen molar-refractivity contribution < 1.29 is 0 Å². The summed E-state index contributed by atoms with van der Waals surface area (Å²) in [6, 6.07) is 8.67. The largest absolute Gasteiger partial charge is 0.319 e. The first-order chi connectivity index (χ1) is 9.19. The fourth-order valence-electron chi connectivity index (χ4n) is 2.45. The van der Waals surface area contributed by atoms with Crippen molar-refractivity contribution in [3.05, 3.63) is 51.5 Å². The van der Waals surface area contributed by atoms with Crippen LogP contribution in [0.4, 0.5) is 0 Å². The third kappa shape index (κ3) is 4.15. The fourth-order valence-corrected chi connectivity index (χ4v) is 3.08. The molecule has 0 aliphatic heterocycles. The van der Waals surface area contributed by atoms with Crippen LogP contribution in [0.15, 0.2) is 29.6 Å². The summed E-state index contributed by atoms with van der Waals surface area (Å²) in [5, 5.41) is 6.66. The lowest BCUT2D eigenvalue weighted by Crippen LogP contribution is -2.23. The third-order valence-corrected chi connectivity index (χ3v) is 4.25. The van der Waals surface area contributed by atoms with E-state index >= 15 is 0 Å². The van der Waals surface area contributed by atoms with Gasteiger partial charge in [0.2, 0.25) is 0 Å². The molecule has 0 saturated heterocycles. The summed E-state index contributed by atoms with van der Waals surface area (Å²) in [7, 11) is 2.02. The quantitative estimate of drug-likeness (QED) is 0.873. The molecule has 0 aliphatic carbocycles. The second-order valence-electron chi connectivity index (χ2n) is 5.12. The molecular weight excluding hydrogens is 252 g/mol. The van der Waals surface area contributed by atoms with Gasteiger partial charge in [-0.15, -0.1) is 11.3 Å². The Balaban J connectivity index is 2.06. The van der Waals surface area contributed by atoms with E-state index in [-0.39, 0.29) is 0 Å². The van der Waals surface area contributed by atoms with E-state index < -0.39 is 0 Å². The molecule has 1 unspecified atom stereocenters. The Kier molecular flexibility index (Phi) is 5.11. The molecule has 0 spiro atoms. The van der Waals surface area contributed by atoms with Crippen molar-refractivity contribution in [2.75, 3.05) is 13.6 Å². The molecule has 2 aromatic rings. The van der Waals surface area contributed by atoms with Gasteiger partial charge in [0.15, 0.2) is 0 Å². The number of hydrogen-bond acceptors (Lipinski definition) is 3. The summed E-state index contributed by atoms with van der Waals surface area (Å²) in [5.74, 6) is 0.604. The van der Waals surface area contributed by atoms with Crippen LogP contribution in [-0.4, -0.2) is 18.6 Å². The lowest BCUT2D eigenvalue weighted by molar-refractivity contribution is 0.488. The molecule has 0 amide bonds. The Labute approximate surface area is 119 Å². The number of thiazole rings is 1. The minimum atomic E-state index is 0.604. The summed E-state index contributed by atoms with van der Waals surface area (Å²) in [5.41, 5.74) is 4.07. The maximum atomic E-state index is 4.59. The van der Waals surface area contributed by atoms with Gasteiger partial charge in [0.05, 0.1) is 10.7 Å². The van der Waals surface area contributed by atoms with Gasteiger partial charge >= 0.3 is 0 Å². The van der Waals surface area contributed by atoms with Crippen LogP contribution in [0.1, 0.15) is 21.8 Å². The molecule has 0 bridgehead atoms. The minimum Gasteiger partial charge on any atom is -0.319 e. The zero-order chi connectivity index (χ0) is 13.7. The lowest BCUT2D eigenvalue weighted by Gasteiger charge is -2.17. The first-order valence-electron chi connectivity index (χ1n) is 6.79. The van der Waals surface area contributed by atoms with Crippen molar-refractivity contribution >= 4 is 11.3 Å². The zero-order valence-corrected chi connectivity index (χ0v) is 12.8. The highest BCUT2D eigenvalue weighted by atomic mass is 32.1. The van der Waals surface area contributed by atoms with Gasteiger partial charge in [-0.3, -0.25) is 0 Å². The van der Waals surface area contributed by atoms with Crippen LogP contribution in [0, 0.1) is 19.8 Å². The number of rotatable bonds is 6. The average molecular weight is 274 g/mol. The molecule has 3 heteroatoms. The molecule has 19 heavy (non-hydrogen) atoms. The highest BCUT2D eigenvalue weighted by Crippen LogP contribution is 2.18. The van der Waals surface area contributed by atoms with Gasteiger partial charge < -0.3 is 5.32 Å². The monoisotopic (exact) mass is 274 g/mol. The number of nitrogens with one attached hydrogen (secondary N) is 1. The van der Waals surface area contributed by atoms with Crippen molar-refractivity contribution in [3.8, 4) is 0 Å². The molecule has 1 heterocycles. The highest BCUT2D eigenvalue weighted by Gasteiger charge is 2.13. The number of aromatic nitrogens is 1. The first-order valence-corrected chi connectivity index (χ1v) is 7.67. The van der Waals surface area contributed by atoms with Gasteiger partial charge in [-0.1, -0.05) is 24.3 Å². The summed E-state index contributed by atoms with van der Waals surface area (Å²) >= 11 is 1.74. The van der Waals surface area contributed by atoms with Gasteiger partial charge in [0.25, 0.3) is 0 Å². The van der Waals surface area contributed by atoms with E-state index in [9.17, 15) is 0 Å². The molecule has 1 N–H and O–H groups in total. The van der Waals surface area contributed by atoms with Gasteiger partial charge in [-0.05, 0) is 57.3 Å². The molecule has 0 saturated carbocycles. The molecule has 0 aliphatic rings. The van der Waals surface area contributed by atoms with Crippen LogP contribution in [0.2, 0.25) is 0 Å². The molecule has 2 nitrogen and oxygen atoms in total. The summed E-state index contributed by atoms with van der Waals surface area (Å²) in [4.78, 5) is 4.59. The Morgan fingerprint density at radius 3 is 2.63 bits per heavy atom. The second-order valence-corrected chi connectivity index (χ2v) is 6.18. The van der Waals surface area contributed by atoms with Crippen molar-refractivity contribution in [2.45, 2.75) is 26.7 Å². The average Bonchev–Trinajstić information content (AvgIpc) is 2.78. The standard InChI is InChI=1S/C16H22N2S/c1-12-6-4-5-7-15(12)8-14(10-17-3)9-16-11-19-13(2)18-16/h4-7,11,14,17H,8-10H2,1-3H3. The first kappa shape index (κ1) is 14.2. The number of aryl methyl sites for hydroxylation is 2. The molecule has 1 atom stereocenters. The van der Waals surface area contributed by atoms with Crippen molar-refractivity contribution in [3.63, 3.8) is 0 Å². The fraction of sp³-hybridized carbons (Fsp3) is 0.438. The van der Waals surface area contributed by atoms with Gasteiger partial charge in [-0.25, -0.2) is 4.98 Å². The van der Waals surface area contributed by atoms with Crippen LogP contribution in [0.5, 0.6) is 0 Å². The van der Waals surface area contributed by atoms with E-state index in [0.717, 1.165) is 24.4 Å². The molecule has 0 fully saturated rings. The normalized spacial score (nSPS) is 12.6. The molecule has 2 rings (SSSR count). The van der Waals surface area contributed by atoms with Crippen molar-refractivity contribution in [1.82, 2.24) is 10.3 Å². The van der Waals surface area contributed by atoms with Gasteiger partial charge in [0.1, 0.15) is 0 Å². The van der Waals surface area contributed by atoms with Crippen molar-refractivity contribution in [1.29, 1.82) is 0 Å². The summed E-state index contributed by atoms with van der Waals surface area (Å²) < 4.78 is 0. The molecule has 0 radical (unpaired) electrons. The summed E-state index contributed by atoms with van der Waals surface area (Å²) in [6.07, 6.45) is 2.17. The van der Waals surface area contributed by atoms with E-state index in [1.165, 1.54) is 16.8 Å². The Morgan fingerprint density at radius 2 is 2.00 bits per heavy atom. The molecular formula is C16H22N2S. The van der Waals surface area contributed by atoms with Crippen LogP contribution in [0.3, 0.4) is 0 Å². The van der Waals surface area contributed by atoms with Crippen LogP contribution in [-0.2, 0) is 12.8 Å². The van der Waals surface area contributed by atoms with Crippen molar-refractivity contribution in [2.24, 2.45) is 5.92 Å². The van der Waals surface area contributed by atoms with Crippen LogP contribution >= 0.6 is 11.3 Å². The van der Waals surface area contributed by atoms with Gasteiger partial charge in [0, 0.05) is 5.38 Å². The van der Waals surface area contributed by atoms with E-state index in [1.807, 2.05) is 7.05 Å². The zero-order valence-electron chi connectivity index (χ0n) is 11.9. The van der Waals surface area contributed by atoms with Gasteiger partial charge in [-0.2, -0.15) is 0 Å². The Morgan fingerprint density at radius 1 is 1.21 bits per heavy atom. The topological polar surface area (TPSA) is 24.9 Å². The smallest absolute Gasteiger partial charge is 0.0897 e. The van der Waals surface area contributed by atoms with Crippen LogP contribution < -0.4 is 5.32 Å². The SMILES string of the molecule is CNCC(Cc1csc(C)n1)Cc1ccccc1C. The predicted octanol–water partition coefficient (Wildman–Crippen LogP) is 3.38. The molecule has 1 aromatic carbocycles. The third-order valence-electron chi connectivity index (χ3n) is 3.43. The lowest BCUT2D eigenvalue weighted by atomic mass is 9.92. The molecule has 1 aromatic heterocycles. The highest BCUT2D eigenvalue weighted by molar-refractivity contribution is 7.09. The maximum absolute atomic E-state index is 4.59.